The molecule has 144 valence electrons. The predicted molar refractivity (Wildman–Crippen MR) is 114 cm³/mol. The van der Waals surface area contributed by atoms with Crippen molar-refractivity contribution in [2.24, 2.45) is 0 Å². The van der Waals surface area contributed by atoms with Crippen molar-refractivity contribution < 1.29 is 4.79 Å². The van der Waals surface area contributed by atoms with Crippen molar-refractivity contribution in [1.29, 1.82) is 0 Å². The summed E-state index contributed by atoms with van der Waals surface area (Å²) < 4.78 is 8.35. The summed E-state index contributed by atoms with van der Waals surface area (Å²) in [6.07, 6.45) is 2.41. The molecule has 1 aliphatic heterocycles. The van der Waals surface area contributed by atoms with E-state index in [0.717, 1.165) is 52.9 Å². The molecule has 0 atom stereocenters. The summed E-state index contributed by atoms with van der Waals surface area (Å²) in [6, 6.07) is 16.9. The molecule has 1 aliphatic rings. The number of fused-ring (bicyclic) bond motifs is 1. The standard InChI is InChI=1S/C21H18N6OS/c28-21(15-6-7-18-19(13-15)26-29-25-18)22-16-5-3-4-14(12-16)17-8-9-20(24-23-17)27-10-1-2-11-27/h3-9,12-13H,1-2,10-11H2,(H,22,28). The van der Waals surface area contributed by atoms with Gasteiger partial charge in [-0.05, 0) is 55.3 Å². The van der Waals surface area contributed by atoms with Crippen LogP contribution in [0.3, 0.4) is 0 Å². The number of carbonyl (C=O) groups excluding carboxylic acids is 1. The van der Waals surface area contributed by atoms with Crippen LogP contribution in [0.4, 0.5) is 11.5 Å². The van der Waals surface area contributed by atoms with Crippen molar-refractivity contribution >= 4 is 40.2 Å². The van der Waals surface area contributed by atoms with Gasteiger partial charge in [-0.1, -0.05) is 12.1 Å². The number of rotatable bonds is 4. The van der Waals surface area contributed by atoms with Gasteiger partial charge < -0.3 is 10.2 Å². The van der Waals surface area contributed by atoms with E-state index in [2.05, 4.69) is 29.2 Å². The highest BCUT2D eigenvalue weighted by atomic mass is 32.1. The Bertz CT molecular complexity index is 1170. The maximum atomic E-state index is 12.6. The van der Waals surface area contributed by atoms with Gasteiger partial charge in [0, 0.05) is 29.9 Å². The van der Waals surface area contributed by atoms with Crippen molar-refractivity contribution in [3.05, 3.63) is 60.2 Å². The number of nitrogens with zero attached hydrogens (tertiary/aromatic N) is 5. The number of anilines is 2. The van der Waals surface area contributed by atoms with Gasteiger partial charge in [0.2, 0.25) is 0 Å². The molecule has 1 N–H and O–H groups in total. The van der Waals surface area contributed by atoms with Gasteiger partial charge in [0.25, 0.3) is 5.91 Å². The number of hydrogen-bond acceptors (Lipinski definition) is 7. The minimum atomic E-state index is -0.187. The summed E-state index contributed by atoms with van der Waals surface area (Å²) in [5.41, 5.74) is 4.45. The summed E-state index contributed by atoms with van der Waals surface area (Å²) >= 11 is 1.14. The van der Waals surface area contributed by atoms with Gasteiger partial charge in [-0.15, -0.1) is 10.2 Å². The van der Waals surface area contributed by atoms with E-state index in [1.54, 1.807) is 12.1 Å². The zero-order chi connectivity index (χ0) is 19.6. The van der Waals surface area contributed by atoms with Crippen LogP contribution < -0.4 is 10.2 Å². The van der Waals surface area contributed by atoms with E-state index in [0.29, 0.717) is 11.3 Å². The molecular formula is C21H18N6OS. The topological polar surface area (TPSA) is 83.9 Å². The van der Waals surface area contributed by atoms with E-state index in [4.69, 9.17) is 0 Å². The number of benzene rings is 2. The molecule has 0 saturated carbocycles. The molecule has 2 aromatic carbocycles. The summed E-state index contributed by atoms with van der Waals surface area (Å²) in [5, 5.41) is 11.7. The first kappa shape index (κ1) is 17.7. The second-order valence-corrected chi connectivity index (χ2v) is 7.50. The van der Waals surface area contributed by atoms with Crippen LogP contribution in [0.15, 0.2) is 54.6 Å². The number of aromatic nitrogens is 4. The van der Waals surface area contributed by atoms with E-state index >= 15 is 0 Å². The lowest BCUT2D eigenvalue weighted by atomic mass is 10.1. The average Bonchev–Trinajstić information content (AvgIpc) is 3.45. The zero-order valence-corrected chi connectivity index (χ0v) is 16.4. The van der Waals surface area contributed by atoms with E-state index in [1.165, 1.54) is 12.8 Å². The molecule has 5 rings (SSSR count). The molecule has 29 heavy (non-hydrogen) atoms. The molecule has 1 fully saturated rings. The molecule has 7 nitrogen and oxygen atoms in total. The lowest BCUT2D eigenvalue weighted by Crippen LogP contribution is -2.19. The largest absolute Gasteiger partial charge is 0.355 e. The Labute approximate surface area is 171 Å². The van der Waals surface area contributed by atoms with Crippen LogP contribution >= 0.6 is 11.7 Å². The lowest BCUT2D eigenvalue weighted by molar-refractivity contribution is 0.102. The van der Waals surface area contributed by atoms with Crippen LogP contribution in [0, 0.1) is 0 Å². The monoisotopic (exact) mass is 402 g/mol. The predicted octanol–water partition coefficient (Wildman–Crippen LogP) is 4.00. The molecule has 0 unspecified atom stereocenters. The maximum Gasteiger partial charge on any atom is 0.255 e. The second-order valence-electron chi connectivity index (χ2n) is 6.97. The number of amides is 1. The van der Waals surface area contributed by atoms with E-state index in [9.17, 15) is 4.79 Å². The Balaban J connectivity index is 1.34. The van der Waals surface area contributed by atoms with Crippen molar-refractivity contribution in [2.45, 2.75) is 12.8 Å². The fourth-order valence-corrected chi connectivity index (χ4v) is 3.99. The fourth-order valence-electron chi connectivity index (χ4n) is 3.48. The molecule has 8 heteroatoms. The molecule has 0 aliphatic carbocycles. The van der Waals surface area contributed by atoms with Crippen molar-refractivity contribution in [2.75, 3.05) is 23.3 Å². The second kappa shape index (κ2) is 7.56. The van der Waals surface area contributed by atoms with Crippen LogP contribution in [-0.2, 0) is 0 Å². The summed E-state index contributed by atoms with van der Waals surface area (Å²) in [7, 11) is 0. The minimum Gasteiger partial charge on any atom is -0.355 e. The third-order valence-electron chi connectivity index (χ3n) is 5.01. The van der Waals surface area contributed by atoms with E-state index in [-0.39, 0.29) is 5.91 Å². The smallest absolute Gasteiger partial charge is 0.255 e. The Morgan fingerprint density at radius 3 is 2.62 bits per heavy atom. The van der Waals surface area contributed by atoms with E-state index in [1.807, 2.05) is 42.5 Å². The molecule has 0 radical (unpaired) electrons. The van der Waals surface area contributed by atoms with Crippen molar-refractivity contribution in [1.82, 2.24) is 18.9 Å². The van der Waals surface area contributed by atoms with Crippen molar-refractivity contribution in [3.63, 3.8) is 0 Å². The molecular weight excluding hydrogens is 384 g/mol. The molecule has 1 amide bonds. The van der Waals surface area contributed by atoms with Crippen molar-refractivity contribution in [3.8, 4) is 11.3 Å². The summed E-state index contributed by atoms with van der Waals surface area (Å²) in [6.45, 7) is 2.08. The normalized spacial score (nSPS) is 13.7. The van der Waals surface area contributed by atoms with Gasteiger partial charge in [0.15, 0.2) is 5.82 Å². The first-order valence-electron chi connectivity index (χ1n) is 9.49. The van der Waals surface area contributed by atoms with Crippen LogP contribution in [0.2, 0.25) is 0 Å². The minimum absolute atomic E-state index is 0.187. The molecule has 3 heterocycles. The Morgan fingerprint density at radius 2 is 1.79 bits per heavy atom. The third kappa shape index (κ3) is 3.66. The number of carbonyl (C=O) groups is 1. The fraction of sp³-hybridized carbons (Fsp3) is 0.190. The summed E-state index contributed by atoms with van der Waals surface area (Å²) in [5.74, 6) is 0.732. The summed E-state index contributed by atoms with van der Waals surface area (Å²) in [4.78, 5) is 14.9. The van der Waals surface area contributed by atoms with Gasteiger partial charge in [-0.25, -0.2) is 0 Å². The number of nitrogens with one attached hydrogen (secondary N) is 1. The first-order chi connectivity index (χ1) is 14.3. The van der Waals surface area contributed by atoms with Gasteiger partial charge in [-0.2, -0.15) is 8.75 Å². The lowest BCUT2D eigenvalue weighted by Gasteiger charge is -2.15. The SMILES string of the molecule is O=C(Nc1cccc(-c2ccc(N3CCCC3)nn2)c1)c1ccc2nsnc2c1. The number of hydrogen-bond donors (Lipinski definition) is 1. The van der Waals surface area contributed by atoms with Crippen LogP contribution in [0.25, 0.3) is 22.3 Å². The maximum absolute atomic E-state index is 12.6. The Kier molecular flexibility index (Phi) is 4.61. The first-order valence-corrected chi connectivity index (χ1v) is 10.2. The van der Waals surface area contributed by atoms with E-state index < -0.39 is 0 Å². The highest BCUT2D eigenvalue weighted by Gasteiger charge is 2.14. The molecule has 0 spiro atoms. The quantitative estimate of drug-likeness (QED) is 0.555. The molecule has 1 saturated heterocycles. The zero-order valence-electron chi connectivity index (χ0n) is 15.6. The van der Waals surface area contributed by atoms with Gasteiger partial charge >= 0.3 is 0 Å². The van der Waals surface area contributed by atoms with Gasteiger partial charge in [0.05, 0.1) is 17.4 Å². The molecule has 0 bridgehead atoms. The Hall–Kier alpha value is -3.39. The average molecular weight is 402 g/mol. The van der Waals surface area contributed by atoms with Gasteiger partial charge in [-0.3, -0.25) is 4.79 Å². The Morgan fingerprint density at radius 1 is 0.931 bits per heavy atom. The third-order valence-corrected chi connectivity index (χ3v) is 5.57. The molecule has 2 aromatic heterocycles. The van der Waals surface area contributed by atoms with Gasteiger partial charge in [0.1, 0.15) is 11.0 Å². The molecule has 4 aromatic rings. The highest BCUT2D eigenvalue weighted by Crippen LogP contribution is 2.24. The van der Waals surface area contributed by atoms with Crippen LogP contribution in [0.5, 0.6) is 0 Å². The van der Waals surface area contributed by atoms with Crippen LogP contribution in [-0.4, -0.2) is 37.9 Å². The highest BCUT2D eigenvalue weighted by molar-refractivity contribution is 7.00. The van der Waals surface area contributed by atoms with Crippen LogP contribution in [0.1, 0.15) is 23.2 Å².